The van der Waals surface area contributed by atoms with Crippen molar-refractivity contribution in [3.8, 4) is 0 Å². The second kappa shape index (κ2) is 24.9. The summed E-state index contributed by atoms with van der Waals surface area (Å²) in [5.41, 5.74) is 16.0. The number of rotatable bonds is 15. The van der Waals surface area contributed by atoms with E-state index in [0.717, 1.165) is 32.5 Å². The van der Waals surface area contributed by atoms with E-state index in [1.54, 1.807) is 0 Å². The van der Waals surface area contributed by atoms with Gasteiger partial charge < -0.3 is 17.2 Å². The van der Waals surface area contributed by atoms with E-state index >= 15 is 0 Å². The maximum absolute atomic E-state index is 5.42. The van der Waals surface area contributed by atoms with Crippen LogP contribution in [0.1, 0.15) is 96.8 Å². The Morgan fingerprint density at radius 2 is 0.619 bits per heavy atom. The van der Waals surface area contributed by atoms with Crippen LogP contribution >= 0.6 is 0 Å². The van der Waals surface area contributed by atoms with E-state index in [1.807, 2.05) is 0 Å². The van der Waals surface area contributed by atoms with Crippen LogP contribution in [0.25, 0.3) is 0 Å². The van der Waals surface area contributed by atoms with Gasteiger partial charge in [0.25, 0.3) is 0 Å². The van der Waals surface area contributed by atoms with Crippen LogP contribution in [0.2, 0.25) is 0 Å². The Balaban J connectivity index is 0. The summed E-state index contributed by atoms with van der Waals surface area (Å²) in [6.45, 7) is 4.79. The smallest absolute Gasteiger partial charge is 0.00773 e. The molecule has 130 valence electrons. The fourth-order valence-corrected chi connectivity index (χ4v) is 2.27. The standard InChI is InChI=1S/C12H27N.C6H16N2/c1-2-3-4-5-6-7-8-9-10-11-12-13;7-5-3-1-2-4-6-8/h2-13H2,1H3;1-8H2. The maximum atomic E-state index is 5.42. The molecule has 0 unspecified atom stereocenters. The number of hydrogen-bond donors (Lipinski definition) is 3. The zero-order chi connectivity index (χ0) is 16.0. The van der Waals surface area contributed by atoms with Crippen molar-refractivity contribution in [1.29, 1.82) is 0 Å². The summed E-state index contributed by atoms with van der Waals surface area (Å²) in [5.74, 6) is 0. The molecule has 0 saturated carbocycles. The van der Waals surface area contributed by atoms with Gasteiger partial charge in [0, 0.05) is 0 Å². The molecule has 21 heavy (non-hydrogen) atoms. The molecule has 0 spiro atoms. The highest BCUT2D eigenvalue weighted by Crippen LogP contribution is 2.09. The van der Waals surface area contributed by atoms with Gasteiger partial charge in [-0.25, -0.2) is 0 Å². The Kier molecular flexibility index (Phi) is 27.4. The molecule has 0 aliphatic rings. The quantitative estimate of drug-likeness (QED) is 0.394. The van der Waals surface area contributed by atoms with Crippen LogP contribution in [-0.4, -0.2) is 19.6 Å². The zero-order valence-electron chi connectivity index (χ0n) is 14.8. The molecule has 3 nitrogen and oxygen atoms in total. The fourth-order valence-electron chi connectivity index (χ4n) is 2.27. The first kappa shape index (κ1) is 23.2. The monoisotopic (exact) mass is 301 g/mol. The molecule has 0 aliphatic heterocycles. The van der Waals surface area contributed by atoms with Crippen LogP contribution in [0.5, 0.6) is 0 Å². The average molecular weight is 302 g/mol. The Morgan fingerprint density at radius 1 is 0.381 bits per heavy atom. The lowest BCUT2D eigenvalue weighted by Gasteiger charge is -2.00. The first-order chi connectivity index (χ1) is 10.3. The molecule has 0 aromatic rings. The van der Waals surface area contributed by atoms with Gasteiger partial charge in [-0.05, 0) is 38.9 Å². The second-order valence-electron chi connectivity index (χ2n) is 5.96. The average Bonchev–Trinajstić information content (AvgIpc) is 2.51. The van der Waals surface area contributed by atoms with Gasteiger partial charge >= 0.3 is 0 Å². The summed E-state index contributed by atoms with van der Waals surface area (Å²) < 4.78 is 0. The summed E-state index contributed by atoms with van der Waals surface area (Å²) in [7, 11) is 0. The number of nitrogens with two attached hydrogens (primary N) is 3. The third-order valence-corrected chi connectivity index (χ3v) is 3.72. The van der Waals surface area contributed by atoms with Crippen LogP contribution in [-0.2, 0) is 0 Å². The Hall–Kier alpha value is -0.120. The van der Waals surface area contributed by atoms with Crippen molar-refractivity contribution in [1.82, 2.24) is 0 Å². The van der Waals surface area contributed by atoms with Gasteiger partial charge in [-0.1, -0.05) is 77.6 Å². The topological polar surface area (TPSA) is 78.1 Å². The lowest BCUT2D eigenvalue weighted by atomic mass is 10.1. The van der Waals surface area contributed by atoms with Gasteiger partial charge in [0.15, 0.2) is 0 Å². The van der Waals surface area contributed by atoms with Crippen molar-refractivity contribution in [2.45, 2.75) is 96.8 Å². The van der Waals surface area contributed by atoms with Crippen LogP contribution in [0.15, 0.2) is 0 Å². The molecule has 0 aromatic heterocycles. The third-order valence-electron chi connectivity index (χ3n) is 3.72. The van der Waals surface area contributed by atoms with Crippen LogP contribution in [0.4, 0.5) is 0 Å². The molecule has 0 rings (SSSR count). The lowest BCUT2D eigenvalue weighted by molar-refractivity contribution is 0.558. The molecule has 0 bridgehead atoms. The molecule has 3 heteroatoms. The number of unbranched alkanes of at least 4 members (excludes halogenated alkanes) is 12. The molecule has 0 amide bonds. The second-order valence-corrected chi connectivity index (χ2v) is 5.96. The summed E-state index contributed by atoms with van der Waals surface area (Å²) >= 11 is 0. The first-order valence-corrected chi connectivity index (χ1v) is 9.43. The van der Waals surface area contributed by atoms with Crippen LogP contribution < -0.4 is 17.2 Å². The fraction of sp³-hybridized carbons (Fsp3) is 1.00. The Bertz CT molecular complexity index is 135. The Labute approximate surface area is 134 Å². The molecule has 0 fully saturated rings. The van der Waals surface area contributed by atoms with E-state index in [-0.39, 0.29) is 0 Å². The molecule has 0 aliphatic carbocycles. The summed E-state index contributed by atoms with van der Waals surface area (Å²) in [5, 5.41) is 0. The van der Waals surface area contributed by atoms with Crippen molar-refractivity contribution in [2.75, 3.05) is 19.6 Å². The molecule has 6 N–H and O–H groups in total. The van der Waals surface area contributed by atoms with Gasteiger partial charge in [0.1, 0.15) is 0 Å². The zero-order valence-corrected chi connectivity index (χ0v) is 14.8. The predicted octanol–water partition coefficient (Wildman–Crippen LogP) is 4.33. The highest BCUT2D eigenvalue weighted by atomic mass is 14.5. The van der Waals surface area contributed by atoms with Gasteiger partial charge in [-0.2, -0.15) is 0 Å². The van der Waals surface area contributed by atoms with E-state index in [0.29, 0.717) is 0 Å². The van der Waals surface area contributed by atoms with Gasteiger partial charge in [-0.15, -0.1) is 0 Å². The SMILES string of the molecule is CCCCCCCCCCCCN.NCCCCCCN. The minimum absolute atomic E-state index is 0.824. The Morgan fingerprint density at radius 3 is 0.857 bits per heavy atom. The normalized spacial score (nSPS) is 10.3. The van der Waals surface area contributed by atoms with E-state index in [1.165, 1.54) is 77.0 Å². The predicted molar refractivity (Wildman–Crippen MR) is 97.5 cm³/mol. The van der Waals surface area contributed by atoms with E-state index in [4.69, 9.17) is 17.2 Å². The molecule has 0 radical (unpaired) electrons. The number of hydrogen-bond acceptors (Lipinski definition) is 3. The van der Waals surface area contributed by atoms with Crippen LogP contribution in [0.3, 0.4) is 0 Å². The van der Waals surface area contributed by atoms with E-state index < -0.39 is 0 Å². The molecule has 0 aromatic carbocycles. The summed E-state index contributed by atoms with van der Waals surface area (Å²) in [6.07, 6.45) is 18.7. The van der Waals surface area contributed by atoms with Gasteiger partial charge in [0.05, 0.1) is 0 Å². The van der Waals surface area contributed by atoms with Crippen LogP contribution in [0, 0.1) is 0 Å². The maximum Gasteiger partial charge on any atom is -0.00773 e. The van der Waals surface area contributed by atoms with Crippen molar-refractivity contribution in [3.05, 3.63) is 0 Å². The third kappa shape index (κ3) is 28.7. The highest BCUT2D eigenvalue weighted by molar-refractivity contribution is 4.47. The van der Waals surface area contributed by atoms with Crippen molar-refractivity contribution in [2.24, 2.45) is 17.2 Å². The van der Waals surface area contributed by atoms with E-state index in [9.17, 15) is 0 Å². The summed E-state index contributed by atoms with van der Waals surface area (Å²) in [4.78, 5) is 0. The van der Waals surface area contributed by atoms with Crippen molar-refractivity contribution < 1.29 is 0 Å². The minimum Gasteiger partial charge on any atom is -0.330 e. The van der Waals surface area contributed by atoms with Gasteiger partial charge in [0.2, 0.25) is 0 Å². The molecule has 0 atom stereocenters. The van der Waals surface area contributed by atoms with Crippen molar-refractivity contribution >= 4 is 0 Å². The van der Waals surface area contributed by atoms with E-state index in [2.05, 4.69) is 6.92 Å². The molecule has 0 saturated heterocycles. The molecule has 0 heterocycles. The highest BCUT2D eigenvalue weighted by Gasteiger charge is 1.91. The first-order valence-electron chi connectivity index (χ1n) is 9.43. The molecular weight excluding hydrogens is 258 g/mol. The largest absolute Gasteiger partial charge is 0.330 e. The molecular formula is C18H43N3. The van der Waals surface area contributed by atoms with Crippen molar-refractivity contribution in [3.63, 3.8) is 0 Å². The lowest BCUT2D eigenvalue weighted by Crippen LogP contribution is -2.00. The minimum atomic E-state index is 0.824. The summed E-state index contributed by atoms with van der Waals surface area (Å²) in [6, 6.07) is 0. The van der Waals surface area contributed by atoms with Gasteiger partial charge in [-0.3, -0.25) is 0 Å².